The highest BCUT2D eigenvalue weighted by molar-refractivity contribution is 7.86. The van der Waals surface area contributed by atoms with E-state index in [1.165, 1.54) is 18.9 Å². The van der Waals surface area contributed by atoms with Gasteiger partial charge < -0.3 is 15.0 Å². The van der Waals surface area contributed by atoms with Crippen molar-refractivity contribution in [3.63, 3.8) is 0 Å². The maximum absolute atomic E-state index is 12.8. The van der Waals surface area contributed by atoms with Crippen molar-refractivity contribution in [2.75, 3.05) is 29.6 Å². The van der Waals surface area contributed by atoms with E-state index in [-0.39, 0.29) is 24.8 Å². The van der Waals surface area contributed by atoms with E-state index >= 15 is 0 Å². The number of ether oxygens (including phenoxy) is 1. The fourth-order valence-electron chi connectivity index (χ4n) is 2.59. The lowest BCUT2D eigenvalue weighted by atomic mass is 10.1. The number of halogens is 1. The van der Waals surface area contributed by atoms with Gasteiger partial charge in [-0.2, -0.15) is 8.42 Å². The highest BCUT2D eigenvalue weighted by Crippen LogP contribution is 2.35. The maximum atomic E-state index is 12.8. The number of nitrogens with zero attached hydrogens (tertiary/aromatic N) is 1. The summed E-state index contributed by atoms with van der Waals surface area (Å²) >= 11 is 0. The van der Waals surface area contributed by atoms with Crippen LogP contribution in [0.4, 0.5) is 15.3 Å². The summed E-state index contributed by atoms with van der Waals surface area (Å²) < 4.78 is 39.6. The van der Waals surface area contributed by atoms with Gasteiger partial charge in [0.15, 0.2) is 0 Å². The Morgan fingerprint density at radius 1 is 1.48 bits per heavy atom. The number of hydrogen-bond acceptors (Lipinski definition) is 5. The van der Waals surface area contributed by atoms with E-state index in [4.69, 9.17) is 4.74 Å². The van der Waals surface area contributed by atoms with Crippen molar-refractivity contribution < 1.29 is 26.6 Å². The summed E-state index contributed by atoms with van der Waals surface area (Å²) in [4.78, 5) is 24.6. The van der Waals surface area contributed by atoms with Gasteiger partial charge >= 0.3 is 10.2 Å². The predicted octanol–water partition coefficient (Wildman–Crippen LogP) is 1.31. The van der Waals surface area contributed by atoms with Crippen molar-refractivity contribution in [3.05, 3.63) is 18.2 Å². The highest BCUT2D eigenvalue weighted by Gasteiger charge is 2.35. The van der Waals surface area contributed by atoms with Crippen molar-refractivity contribution in [1.82, 2.24) is 0 Å². The van der Waals surface area contributed by atoms with Crippen molar-refractivity contribution in [1.29, 1.82) is 0 Å². The third-order valence-electron chi connectivity index (χ3n) is 3.43. The van der Waals surface area contributed by atoms with Gasteiger partial charge in [-0.3, -0.25) is 9.59 Å². The van der Waals surface area contributed by atoms with Crippen LogP contribution in [0.15, 0.2) is 18.2 Å². The van der Waals surface area contributed by atoms with E-state index in [0.717, 1.165) is 0 Å². The van der Waals surface area contributed by atoms with E-state index in [9.17, 15) is 21.9 Å². The van der Waals surface area contributed by atoms with Crippen LogP contribution in [0, 0.1) is 5.92 Å². The van der Waals surface area contributed by atoms with Gasteiger partial charge in [0.2, 0.25) is 11.8 Å². The van der Waals surface area contributed by atoms with E-state index < -0.39 is 21.9 Å². The van der Waals surface area contributed by atoms with Crippen LogP contribution < -0.4 is 15.0 Å². The second kappa shape index (κ2) is 6.53. The summed E-state index contributed by atoms with van der Waals surface area (Å²) in [6, 6.07) is 4.77. The molecule has 0 spiro atoms. The molecule has 9 heteroatoms. The van der Waals surface area contributed by atoms with Crippen molar-refractivity contribution >= 4 is 33.4 Å². The first-order valence-electron chi connectivity index (χ1n) is 6.88. The Kier molecular flexibility index (Phi) is 4.88. The first-order chi connectivity index (χ1) is 10.7. The minimum absolute atomic E-state index is 0.0589. The maximum Gasteiger partial charge on any atom is 0.302 e. The number of nitrogens with one attached hydrogen (secondary N) is 1. The molecule has 1 aliphatic heterocycles. The molecule has 0 saturated carbocycles. The third kappa shape index (κ3) is 4.41. The van der Waals surface area contributed by atoms with Gasteiger partial charge in [-0.05, 0) is 18.2 Å². The quantitative estimate of drug-likeness (QED) is 0.813. The SMILES string of the molecule is COc1ccc(NC(C)=O)cc1N1CC(CS(=O)(=O)F)CC1=O. The molecule has 1 aromatic carbocycles. The Morgan fingerprint density at radius 2 is 2.17 bits per heavy atom. The average molecular weight is 344 g/mol. The molecule has 126 valence electrons. The van der Waals surface area contributed by atoms with E-state index in [0.29, 0.717) is 17.1 Å². The summed E-state index contributed by atoms with van der Waals surface area (Å²) in [7, 11) is -3.21. The van der Waals surface area contributed by atoms with Crippen LogP contribution >= 0.6 is 0 Å². The molecule has 1 saturated heterocycles. The van der Waals surface area contributed by atoms with Crippen LogP contribution in [0.5, 0.6) is 5.75 Å². The van der Waals surface area contributed by atoms with Crippen molar-refractivity contribution in [2.24, 2.45) is 5.92 Å². The standard InChI is InChI=1S/C14H17FN2O5S/c1-9(18)16-11-3-4-13(22-2)12(6-11)17-7-10(5-14(17)19)8-23(15,20)21/h3-4,6,10H,5,7-8H2,1-2H3,(H,16,18). The smallest absolute Gasteiger partial charge is 0.302 e. The van der Waals surface area contributed by atoms with Crippen LogP contribution in [0.2, 0.25) is 0 Å². The van der Waals surface area contributed by atoms with Gasteiger partial charge in [-0.25, -0.2) is 0 Å². The number of hydrogen-bond donors (Lipinski definition) is 1. The Labute approximate surface area is 133 Å². The minimum atomic E-state index is -4.64. The van der Waals surface area contributed by atoms with Crippen molar-refractivity contribution in [3.8, 4) is 5.75 Å². The number of rotatable bonds is 5. The van der Waals surface area contributed by atoms with E-state index in [1.54, 1.807) is 18.2 Å². The van der Waals surface area contributed by atoms with Crippen LogP contribution in [0.1, 0.15) is 13.3 Å². The van der Waals surface area contributed by atoms with E-state index in [2.05, 4.69) is 5.32 Å². The van der Waals surface area contributed by atoms with Gasteiger partial charge in [-0.15, -0.1) is 3.89 Å². The number of carbonyl (C=O) groups is 2. The summed E-state index contributed by atoms with van der Waals surface area (Å²) in [6.07, 6.45) is -0.0589. The lowest BCUT2D eigenvalue weighted by molar-refractivity contribution is -0.117. The fraction of sp³-hybridized carbons (Fsp3) is 0.429. The lowest BCUT2D eigenvalue weighted by Crippen LogP contribution is -2.26. The van der Waals surface area contributed by atoms with E-state index in [1.807, 2.05) is 0 Å². The molecule has 1 aliphatic rings. The number of benzene rings is 1. The Hall–Kier alpha value is -2.16. The Balaban J connectivity index is 2.29. The zero-order chi connectivity index (χ0) is 17.2. The molecule has 1 atom stereocenters. The summed E-state index contributed by atoms with van der Waals surface area (Å²) in [5.41, 5.74) is 0.880. The van der Waals surface area contributed by atoms with Gasteiger partial charge in [-0.1, -0.05) is 0 Å². The van der Waals surface area contributed by atoms with Gasteiger partial charge in [0, 0.05) is 31.5 Å². The van der Waals surface area contributed by atoms with Gasteiger partial charge in [0.05, 0.1) is 18.6 Å². The molecule has 1 fully saturated rings. The molecule has 1 aromatic rings. The minimum Gasteiger partial charge on any atom is -0.495 e. The second-order valence-corrected chi connectivity index (χ2v) is 6.76. The number of carbonyl (C=O) groups excluding carboxylic acids is 2. The summed E-state index contributed by atoms with van der Waals surface area (Å²) in [5.74, 6) is -1.50. The number of methoxy groups -OCH3 is 1. The molecule has 23 heavy (non-hydrogen) atoms. The molecule has 0 bridgehead atoms. The zero-order valence-corrected chi connectivity index (χ0v) is 13.5. The molecule has 0 radical (unpaired) electrons. The topological polar surface area (TPSA) is 92.8 Å². The predicted molar refractivity (Wildman–Crippen MR) is 82.7 cm³/mol. The zero-order valence-electron chi connectivity index (χ0n) is 12.7. The summed E-state index contributed by atoms with van der Waals surface area (Å²) in [5, 5.41) is 2.60. The normalized spacial score (nSPS) is 18.1. The average Bonchev–Trinajstić information content (AvgIpc) is 2.76. The van der Waals surface area contributed by atoms with Crippen LogP contribution in [-0.2, 0) is 19.8 Å². The molecule has 2 amide bonds. The fourth-order valence-corrected chi connectivity index (χ4v) is 3.38. The second-order valence-electron chi connectivity index (χ2n) is 5.35. The van der Waals surface area contributed by atoms with Crippen LogP contribution in [0.25, 0.3) is 0 Å². The molecule has 1 unspecified atom stereocenters. The molecule has 1 N–H and O–H groups in total. The van der Waals surface area contributed by atoms with Crippen molar-refractivity contribution in [2.45, 2.75) is 13.3 Å². The van der Waals surface area contributed by atoms with Crippen LogP contribution in [-0.4, -0.2) is 39.6 Å². The lowest BCUT2D eigenvalue weighted by Gasteiger charge is -2.20. The monoisotopic (exact) mass is 344 g/mol. The van der Waals surface area contributed by atoms with Crippen LogP contribution in [0.3, 0.4) is 0 Å². The molecule has 2 rings (SSSR count). The summed E-state index contributed by atoms with van der Waals surface area (Å²) in [6.45, 7) is 1.43. The Morgan fingerprint density at radius 3 is 2.74 bits per heavy atom. The molecule has 7 nitrogen and oxygen atoms in total. The molecule has 0 aromatic heterocycles. The number of amides is 2. The number of anilines is 2. The first kappa shape index (κ1) is 17.2. The van der Waals surface area contributed by atoms with Gasteiger partial charge in [0.25, 0.3) is 0 Å². The molecular weight excluding hydrogens is 327 g/mol. The molecular formula is C14H17FN2O5S. The first-order valence-corrected chi connectivity index (χ1v) is 8.43. The van der Waals surface area contributed by atoms with Gasteiger partial charge in [0.1, 0.15) is 5.75 Å². The Bertz CT molecular complexity index is 735. The third-order valence-corrected chi connectivity index (χ3v) is 4.30. The molecule has 1 heterocycles. The highest BCUT2D eigenvalue weighted by atomic mass is 32.3. The molecule has 0 aliphatic carbocycles. The largest absolute Gasteiger partial charge is 0.495 e.